The fourth-order valence-electron chi connectivity index (χ4n) is 11.3. The highest BCUT2D eigenvalue weighted by Crippen LogP contribution is 2.44. The maximum Gasteiger partial charge on any atom is 0.415 e. The topological polar surface area (TPSA) is 405 Å². The molecule has 4 atom stereocenters. The van der Waals surface area contributed by atoms with Crippen LogP contribution in [0.2, 0.25) is 0 Å². The molecular formula is C65H71N13O16S6. The predicted molar refractivity (Wildman–Crippen MR) is 372 cm³/mol. The second kappa shape index (κ2) is 33.5. The normalized spacial score (nSPS) is 18.6. The number of nitrogens with zero attached hydrogens (tertiary/aromatic N) is 8. The molecule has 100 heavy (non-hydrogen) atoms. The van der Waals surface area contributed by atoms with E-state index in [9.17, 15) is 58.5 Å². The van der Waals surface area contributed by atoms with Crippen LogP contribution in [0.15, 0.2) is 64.0 Å². The van der Waals surface area contributed by atoms with E-state index in [-0.39, 0.29) is 72.1 Å². The zero-order chi connectivity index (χ0) is 71.4. The number of aliphatic carboxylic acids is 2. The number of fused-ring (bicyclic) bond motifs is 14. The van der Waals surface area contributed by atoms with Crippen molar-refractivity contribution in [2.75, 3.05) is 52.5 Å². The number of thiazole rings is 6. The summed E-state index contributed by atoms with van der Waals surface area (Å²) in [5, 5.41) is 53.2. The first-order chi connectivity index (χ1) is 48.0. The second-order valence-corrected chi connectivity index (χ2v) is 29.5. The first-order valence-corrected chi connectivity index (χ1v) is 36.7. The zero-order valence-electron chi connectivity index (χ0n) is 54.9. The highest BCUT2D eigenvalue weighted by Gasteiger charge is 2.44. The van der Waals surface area contributed by atoms with E-state index in [1.807, 2.05) is 13.8 Å². The summed E-state index contributed by atoms with van der Waals surface area (Å²) >= 11 is 6.89. The molecule has 6 amide bonds. The average Bonchev–Trinajstić information content (AvgIpc) is 1.58. The molecule has 8 aromatic rings. The van der Waals surface area contributed by atoms with Gasteiger partial charge in [-0.05, 0) is 69.1 Å². The van der Waals surface area contributed by atoms with Crippen molar-refractivity contribution in [3.05, 3.63) is 111 Å². The van der Waals surface area contributed by atoms with E-state index in [4.69, 9.17) is 53.8 Å². The van der Waals surface area contributed by atoms with E-state index >= 15 is 0 Å². The lowest BCUT2D eigenvalue weighted by Crippen LogP contribution is -2.42. The lowest BCUT2D eigenvalue weighted by atomic mass is 9.70. The number of carbonyl (C=O) groups is 9. The van der Waals surface area contributed by atoms with Crippen LogP contribution in [0.1, 0.15) is 158 Å². The number of pyridine rings is 1. The Hall–Kier alpha value is -8.94. The molecule has 8 N–H and O–H groups in total. The number of carboxylic acids is 2. The molecule has 0 radical (unpaired) electrons. The number of aliphatic hydroxyl groups is 1. The Balaban J connectivity index is 1.01. The highest BCUT2D eigenvalue weighted by atomic mass is 32.1. The molecule has 1 fully saturated rings. The van der Waals surface area contributed by atoms with Gasteiger partial charge >= 0.3 is 24.0 Å². The molecule has 2 aliphatic rings. The number of unbranched alkanes of at least 4 members (excludes halogenated alkanes) is 1. The van der Waals surface area contributed by atoms with Crippen molar-refractivity contribution in [2.45, 2.75) is 115 Å². The minimum absolute atomic E-state index is 0.0237. The monoisotopic (exact) mass is 1480 g/mol. The molecule has 1 aliphatic heterocycles. The Morgan fingerprint density at radius 2 is 1.42 bits per heavy atom. The number of carboxylic acid groups (broad SMARTS) is 2. The molecule has 1 aromatic carbocycles. The Bertz CT molecular complexity index is 4290. The molecule has 1 aliphatic carbocycles. The van der Waals surface area contributed by atoms with Gasteiger partial charge in [-0.2, -0.15) is 0 Å². The smallest absolute Gasteiger partial charge is 0.415 e. The molecule has 29 nitrogen and oxygen atoms in total. The SMILES string of the molecule is CNC(=O)C[C@@H]1NC(=O)c2csc(n2)-c2ccc(-c3nc(N(CCOCC(=O)O)C(=O)OC4CCC(CCCCC(=O)O)(C(=O)OC)CC4)cs3)nc2-c2csc(n2)-c2csc(n2)[C@H]([C@@H](O)c2ccccc2)NC(=O)CNC(=O)c2nc(sc2COC)C(C(C)C)NC(=O)c2nc1sc2C. The number of aryl methyl sites for hydroxylation is 1. The molecule has 35 heteroatoms. The van der Waals surface area contributed by atoms with Gasteiger partial charge in [0.05, 0.1) is 67.9 Å². The fraction of sp³-hybridized carbons (Fsp3) is 0.415. The number of aromatic nitrogens is 7. The number of rotatable bonds is 21. The number of methoxy groups -OCH3 is 2. The van der Waals surface area contributed by atoms with Crippen LogP contribution in [-0.4, -0.2) is 157 Å². The lowest BCUT2D eigenvalue weighted by Gasteiger charge is -2.38. The van der Waals surface area contributed by atoms with Crippen molar-refractivity contribution in [2.24, 2.45) is 11.3 Å². The summed E-state index contributed by atoms with van der Waals surface area (Å²) in [6, 6.07) is 9.13. The number of amides is 6. The van der Waals surface area contributed by atoms with Gasteiger partial charge in [-0.15, -0.1) is 68.0 Å². The van der Waals surface area contributed by atoms with Crippen molar-refractivity contribution in [3.63, 3.8) is 0 Å². The van der Waals surface area contributed by atoms with Crippen LogP contribution in [-0.2, 0) is 49.5 Å². The largest absolute Gasteiger partial charge is 0.481 e. The van der Waals surface area contributed by atoms with Crippen LogP contribution in [0, 0.1) is 18.3 Å². The fourth-order valence-corrected chi connectivity index (χ4v) is 16.8. The van der Waals surface area contributed by atoms with Crippen LogP contribution >= 0.6 is 68.0 Å². The second-order valence-electron chi connectivity index (χ2n) is 23.7. The standard InChI is InChI=1S/C65H71N13O16S6/c1-32(2)48-62-77-51(42(100-62)26-91-5)55(87)67-25-45(80)74-52(53(85)34-12-8-7-9-13-34)61-72-41(30-97-61)59-70-39(28-96-59)50-36(57-71-40(29-95-57)54(86)69-38(24-44(79)66-4)60-76-49(33(3)99-60)56(88)75-48)15-16-37(68-50)58-73-43(31-98-58)78(22-23-93-27-47(83)84)64(90)94-35-17-20-65(21-18-35,63(89)92-6)19-11-10-14-46(81)82/h7-9,12-13,15-16,28-32,35,38,48,52-53,85H,10-11,14,17-27H2,1-6H3,(H,66,79)(H,67,87)(H,69,86)(H,74,80)(H,75,88)(H,81,82)(H,83,84)/t35?,38-,48?,52-,53-,65?/m0/s1. The van der Waals surface area contributed by atoms with E-state index in [1.54, 1.807) is 70.9 Å². The summed E-state index contributed by atoms with van der Waals surface area (Å²) < 4.78 is 22.1. The first kappa shape index (κ1) is 73.8. The minimum Gasteiger partial charge on any atom is -0.481 e. The zero-order valence-corrected chi connectivity index (χ0v) is 59.8. The van der Waals surface area contributed by atoms with E-state index in [0.29, 0.717) is 108 Å². The molecule has 528 valence electrons. The number of nitrogens with one attached hydrogen (secondary N) is 5. The minimum atomic E-state index is -1.33. The number of anilines is 1. The predicted octanol–water partition coefficient (Wildman–Crippen LogP) is 9.10. The Kier molecular flexibility index (Phi) is 24.7. The summed E-state index contributed by atoms with van der Waals surface area (Å²) in [7, 11) is 4.21. The van der Waals surface area contributed by atoms with E-state index < -0.39 is 102 Å². The van der Waals surface area contributed by atoms with Crippen molar-refractivity contribution < 1.29 is 77.4 Å². The molecule has 10 bridgehead atoms. The third-order valence-corrected chi connectivity index (χ3v) is 22.2. The van der Waals surface area contributed by atoms with Gasteiger partial charge in [0.15, 0.2) is 0 Å². The van der Waals surface area contributed by atoms with Crippen LogP contribution in [0.25, 0.3) is 43.4 Å². The average molecular weight is 1480 g/mol. The molecule has 0 saturated heterocycles. The summed E-state index contributed by atoms with van der Waals surface area (Å²) in [4.78, 5) is 157. The van der Waals surface area contributed by atoms with Gasteiger partial charge in [-0.1, -0.05) is 50.6 Å². The van der Waals surface area contributed by atoms with Crippen molar-refractivity contribution in [1.29, 1.82) is 0 Å². The number of esters is 1. The molecular weight excluding hydrogens is 1410 g/mol. The Morgan fingerprint density at radius 3 is 2.14 bits per heavy atom. The van der Waals surface area contributed by atoms with Crippen LogP contribution < -0.4 is 31.5 Å². The first-order valence-electron chi connectivity index (χ1n) is 31.6. The summed E-state index contributed by atoms with van der Waals surface area (Å²) in [6.45, 7) is 3.81. The van der Waals surface area contributed by atoms with Crippen LogP contribution in [0.4, 0.5) is 10.6 Å². The van der Waals surface area contributed by atoms with Gasteiger partial charge in [0.1, 0.15) is 94.9 Å². The van der Waals surface area contributed by atoms with Crippen LogP contribution in [0.5, 0.6) is 0 Å². The number of carbonyl (C=O) groups excluding carboxylic acids is 7. The molecule has 1 unspecified atom stereocenters. The summed E-state index contributed by atoms with van der Waals surface area (Å²) in [5.41, 5.74) is 1.26. The molecule has 1 saturated carbocycles. The number of hydrogen-bond donors (Lipinski definition) is 8. The van der Waals surface area contributed by atoms with Crippen molar-refractivity contribution in [3.8, 4) is 43.4 Å². The lowest BCUT2D eigenvalue weighted by molar-refractivity contribution is -0.157. The van der Waals surface area contributed by atoms with E-state index in [1.165, 1.54) is 37.5 Å². The van der Waals surface area contributed by atoms with E-state index in [2.05, 4.69) is 26.6 Å². The number of aliphatic hydroxyl groups excluding tert-OH is 1. The molecule has 0 spiro atoms. The van der Waals surface area contributed by atoms with Gasteiger partial charge in [-0.3, -0.25) is 38.5 Å². The Morgan fingerprint density at radius 1 is 0.710 bits per heavy atom. The van der Waals surface area contributed by atoms with Gasteiger partial charge in [-0.25, -0.2) is 44.5 Å². The number of hydrogen-bond acceptors (Lipinski definition) is 27. The van der Waals surface area contributed by atoms with Gasteiger partial charge in [0, 0.05) is 52.5 Å². The molecule has 10 rings (SSSR count). The quantitative estimate of drug-likeness (QED) is 0.0245. The summed E-state index contributed by atoms with van der Waals surface area (Å²) in [5.74, 6) is -5.79. The van der Waals surface area contributed by atoms with Crippen LogP contribution in [0.3, 0.4) is 0 Å². The van der Waals surface area contributed by atoms with Gasteiger partial charge in [0.25, 0.3) is 17.7 Å². The van der Waals surface area contributed by atoms with Gasteiger partial charge in [0.2, 0.25) is 11.8 Å². The highest BCUT2D eigenvalue weighted by molar-refractivity contribution is 7.15. The summed E-state index contributed by atoms with van der Waals surface area (Å²) in [6.07, 6.45) is -0.562. The van der Waals surface area contributed by atoms with Crippen molar-refractivity contribution in [1.82, 2.24) is 61.5 Å². The maximum atomic E-state index is 14.5. The van der Waals surface area contributed by atoms with E-state index in [0.717, 1.165) is 56.7 Å². The number of ether oxygens (including phenoxy) is 4. The molecule has 7 aromatic heterocycles. The Labute approximate surface area is 596 Å². The maximum absolute atomic E-state index is 14.5. The third kappa shape index (κ3) is 17.8. The molecule has 8 heterocycles. The number of benzene rings is 1. The third-order valence-electron chi connectivity index (χ3n) is 16.5. The van der Waals surface area contributed by atoms with Crippen molar-refractivity contribution >= 4 is 127 Å². The van der Waals surface area contributed by atoms with Gasteiger partial charge < -0.3 is 60.9 Å².